The maximum absolute atomic E-state index is 13.1. The summed E-state index contributed by atoms with van der Waals surface area (Å²) in [5.41, 5.74) is 1.12. The molecule has 1 saturated heterocycles. The molecule has 116 valence electrons. The van der Waals surface area contributed by atoms with E-state index in [2.05, 4.69) is 5.32 Å². The fourth-order valence-corrected chi connectivity index (χ4v) is 4.60. The first-order valence-electron chi connectivity index (χ1n) is 8.01. The number of carbonyl (C=O) groups is 1. The summed E-state index contributed by atoms with van der Waals surface area (Å²) in [5, 5.41) is 3.59. The minimum atomic E-state index is -0.829. The number of nitrogens with one attached hydrogen (secondary N) is 1. The fraction of sp³-hybridized carbons (Fsp3) is 0.529. The Kier molecular flexibility index (Phi) is 3.15. The molecule has 1 aromatic rings. The van der Waals surface area contributed by atoms with Gasteiger partial charge < -0.3 is 15.0 Å². The van der Waals surface area contributed by atoms with Crippen molar-refractivity contribution in [3.05, 3.63) is 29.8 Å². The predicted octanol–water partition coefficient (Wildman–Crippen LogP) is 2.71. The zero-order valence-electron chi connectivity index (χ0n) is 12.7. The van der Waals surface area contributed by atoms with Gasteiger partial charge in [-0.05, 0) is 37.0 Å². The van der Waals surface area contributed by atoms with Gasteiger partial charge in [0.25, 0.3) is 11.1 Å². The van der Waals surface area contributed by atoms with Crippen LogP contribution in [0.2, 0.25) is 0 Å². The number of anilines is 1. The largest absolute Gasteiger partial charge is 0.464 e. The maximum Gasteiger partial charge on any atom is 0.261 e. The molecule has 2 atom stereocenters. The molecule has 1 saturated carbocycles. The number of benzene rings is 1. The summed E-state index contributed by atoms with van der Waals surface area (Å²) < 4.78 is 5.99. The molecule has 0 aromatic heterocycles. The van der Waals surface area contributed by atoms with E-state index in [1.165, 1.54) is 19.3 Å². The third-order valence-electron chi connectivity index (χ3n) is 5.37. The van der Waals surface area contributed by atoms with E-state index < -0.39 is 5.54 Å². The highest BCUT2D eigenvalue weighted by molar-refractivity contribution is 7.80. The molecule has 2 unspecified atom stereocenters. The minimum absolute atomic E-state index is 0.0455. The van der Waals surface area contributed by atoms with E-state index in [0.717, 1.165) is 24.1 Å². The highest BCUT2D eigenvalue weighted by Gasteiger charge is 2.62. The molecule has 1 N–H and O–H groups in total. The summed E-state index contributed by atoms with van der Waals surface area (Å²) in [6.45, 7) is 0. The molecule has 2 heterocycles. The number of ether oxygens (including phenoxy) is 1. The Morgan fingerprint density at radius 3 is 2.77 bits per heavy atom. The Balaban J connectivity index is 1.83. The molecule has 22 heavy (non-hydrogen) atoms. The maximum atomic E-state index is 13.1. The van der Waals surface area contributed by atoms with Crippen LogP contribution < -0.4 is 10.2 Å². The molecule has 1 aromatic carbocycles. The van der Waals surface area contributed by atoms with Crippen LogP contribution in [0.25, 0.3) is 0 Å². The fourth-order valence-electron chi connectivity index (χ4n) is 4.34. The summed E-state index contributed by atoms with van der Waals surface area (Å²) >= 11 is 5.29. The molecule has 2 aliphatic heterocycles. The zero-order chi connectivity index (χ0) is 15.3. The van der Waals surface area contributed by atoms with Gasteiger partial charge >= 0.3 is 0 Å². The zero-order valence-corrected chi connectivity index (χ0v) is 13.5. The van der Waals surface area contributed by atoms with Crippen LogP contribution in [-0.4, -0.2) is 24.2 Å². The Morgan fingerprint density at radius 1 is 1.27 bits per heavy atom. The monoisotopic (exact) mass is 316 g/mol. The summed E-state index contributed by atoms with van der Waals surface area (Å²) in [7, 11) is 1.83. The number of rotatable bonds is 1. The van der Waals surface area contributed by atoms with Crippen LogP contribution in [0, 0.1) is 5.92 Å². The van der Waals surface area contributed by atoms with Crippen LogP contribution >= 0.6 is 12.2 Å². The SMILES string of the molecule is CN1C(=O)C2(NC(=S)OC2C2CCCCC2)c2ccccc21. The van der Waals surface area contributed by atoms with Gasteiger partial charge in [0, 0.05) is 18.3 Å². The third-order valence-corrected chi connectivity index (χ3v) is 5.57. The average Bonchev–Trinajstić information content (AvgIpc) is 3.01. The van der Waals surface area contributed by atoms with Gasteiger partial charge in [-0.25, -0.2) is 0 Å². The van der Waals surface area contributed by atoms with Gasteiger partial charge in [-0.3, -0.25) is 4.79 Å². The van der Waals surface area contributed by atoms with Gasteiger partial charge in [0.05, 0.1) is 0 Å². The minimum Gasteiger partial charge on any atom is -0.464 e. The number of likely N-dealkylation sites (N-methyl/N-ethyl adjacent to an activating group) is 1. The standard InChI is InChI=1S/C17H20N2O2S/c1-19-13-10-6-5-9-12(13)17(15(19)20)14(21-16(22)18-17)11-7-3-2-4-8-11/h5-6,9-11,14H,2-4,7-8H2,1H3,(H,18,22). The van der Waals surface area contributed by atoms with E-state index >= 15 is 0 Å². The summed E-state index contributed by atoms with van der Waals surface area (Å²) in [5.74, 6) is 0.425. The van der Waals surface area contributed by atoms with Gasteiger partial charge in [-0.2, -0.15) is 0 Å². The summed E-state index contributed by atoms with van der Waals surface area (Å²) in [4.78, 5) is 14.8. The van der Waals surface area contributed by atoms with Crippen LogP contribution in [0.15, 0.2) is 24.3 Å². The van der Waals surface area contributed by atoms with Crippen molar-refractivity contribution >= 4 is 29.0 Å². The molecular weight excluding hydrogens is 296 g/mol. The molecule has 1 spiro atoms. The van der Waals surface area contributed by atoms with E-state index in [4.69, 9.17) is 17.0 Å². The normalized spacial score (nSPS) is 31.3. The van der Waals surface area contributed by atoms with E-state index in [0.29, 0.717) is 11.1 Å². The molecule has 1 aliphatic carbocycles. The first kappa shape index (κ1) is 14.0. The molecule has 4 rings (SSSR count). The van der Waals surface area contributed by atoms with Crippen molar-refractivity contribution in [3.8, 4) is 0 Å². The summed E-state index contributed by atoms with van der Waals surface area (Å²) in [6.07, 6.45) is 5.71. The Morgan fingerprint density at radius 2 is 2.00 bits per heavy atom. The molecule has 0 bridgehead atoms. The number of fused-ring (bicyclic) bond motifs is 2. The Hall–Kier alpha value is -1.62. The number of nitrogens with zero attached hydrogens (tertiary/aromatic N) is 1. The topological polar surface area (TPSA) is 41.6 Å². The van der Waals surface area contributed by atoms with E-state index in [-0.39, 0.29) is 12.0 Å². The molecule has 3 aliphatic rings. The number of thiocarbonyl (C=S) groups is 1. The molecule has 2 fully saturated rings. The number of para-hydroxylation sites is 1. The van der Waals surface area contributed by atoms with Gasteiger partial charge in [0.15, 0.2) is 5.54 Å². The lowest BCUT2D eigenvalue weighted by atomic mass is 9.74. The molecular formula is C17H20N2O2S. The molecule has 1 amide bonds. The second-order valence-electron chi connectivity index (χ2n) is 6.54. The van der Waals surface area contributed by atoms with Crippen LogP contribution in [0.1, 0.15) is 37.7 Å². The van der Waals surface area contributed by atoms with Crippen molar-refractivity contribution in [2.45, 2.75) is 43.7 Å². The Bertz CT molecular complexity index is 641. The summed E-state index contributed by atoms with van der Waals surface area (Å²) in [6, 6.07) is 7.96. The van der Waals surface area contributed by atoms with Crippen molar-refractivity contribution in [1.82, 2.24) is 5.32 Å². The van der Waals surface area contributed by atoms with Gasteiger partial charge in [0.1, 0.15) is 6.10 Å². The van der Waals surface area contributed by atoms with E-state index in [1.54, 1.807) is 4.90 Å². The lowest BCUT2D eigenvalue weighted by Crippen LogP contribution is -2.55. The van der Waals surface area contributed by atoms with E-state index in [1.807, 2.05) is 31.3 Å². The van der Waals surface area contributed by atoms with Crippen LogP contribution in [0.3, 0.4) is 0 Å². The van der Waals surface area contributed by atoms with Crippen LogP contribution in [0.5, 0.6) is 0 Å². The molecule has 5 heteroatoms. The molecule has 0 radical (unpaired) electrons. The average molecular weight is 316 g/mol. The van der Waals surface area contributed by atoms with Gasteiger partial charge in [-0.1, -0.05) is 37.5 Å². The second kappa shape index (κ2) is 4.95. The lowest BCUT2D eigenvalue weighted by molar-refractivity contribution is -0.127. The smallest absolute Gasteiger partial charge is 0.261 e. The second-order valence-corrected chi connectivity index (χ2v) is 6.91. The highest BCUT2D eigenvalue weighted by atomic mass is 32.1. The predicted molar refractivity (Wildman–Crippen MR) is 88.7 cm³/mol. The number of amides is 1. The van der Waals surface area contributed by atoms with Crippen LogP contribution in [-0.2, 0) is 15.1 Å². The number of hydrogen-bond donors (Lipinski definition) is 1. The van der Waals surface area contributed by atoms with Crippen molar-refractivity contribution in [3.63, 3.8) is 0 Å². The van der Waals surface area contributed by atoms with Crippen LogP contribution in [0.4, 0.5) is 5.69 Å². The van der Waals surface area contributed by atoms with Gasteiger partial charge in [0.2, 0.25) is 0 Å². The first-order chi connectivity index (χ1) is 10.6. The number of hydrogen-bond acceptors (Lipinski definition) is 3. The van der Waals surface area contributed by atoms with Gasteiger partial charge in [-0.15, -0.1) is 0 Å². The van der Waals surface area contributed by atoms with Crippen molar-refractivity contribution in [2.24, 2.45) is 5.92 Å². The quantitative estimate of drug-likeness (QED) is 0.809. The molecule has 4 nitrogen and oxygen atoms in total. The van der Waals surface area contributed by atoms with E-state index in [9.17, 15) is 4.79 Å². The van der Waals surface area contributed by atoms with Crippen molar-refractivity contribution in [1.29, 1.82) is 0 Å². The number of carbonyl (C=O) groups excluding carboxylic acids is 1. The van der Waals surface area contributed by atoms with Crippen molar-refractivity contribution in [2.75, 3.05) is 11.9 Å². The first-order valence-corrected chi connectivity index (χ1v) is 8.42. The highest BCUT2D eigenvalue weighted by Crippen LogP contribution is 2.49. The van der Waals surface area contributed by atoms with Crippen molar-refractivity contribution < 1.29 is 9.53 Å². The third kappa shape index (κ3) is 1.75. The Labute approximate surface area is 135 Å². The lowest BCUT2D eigenvalue weighted by Gasteiger charge is -2.34.